The maximum absolute atomic E-state index is 6.45. The van der Waals surface area contributed by atoms with E-state index in [-0.39, 0.29) is 0 Å². The Morgan fingerprint density at radius 1 is 1.35 bits per heavy atom. The van der Waals surface area contributed by atoms with Gasteiger partial charge in [0.2, 0.25) is 0 Å². The van der Waals surface area contributed by atoms with Crippen LogP contribution in [0.25, 0.3) is 11.6 Å². The van der Waals surface area contributed by atoms with E-state index in [2.05, 4.69) is 38.0 Å². The molecule has 0 spiro atoms. The molecule has 1 aliphatic carbocycles. The van der Waals surface area contributed by atoms with E-state index in [1.165, 1.54) is 0 Å². The summed E-state index contributed by atoms with van der Waals surface area (Å²) in [5.41, 5.74) is 6.66. The highest BCUT2D eigenvalue weighted by Gasteiger charge is 2.36. The van der Waals surface area contributed by atoms with Crippen molar-refractivity contribution < 1.29 is 4.52 Å². The van der Waals surface area contributed by atoms with Gasteiger partial charge in [-0.1, -0.05) is 12.1 Å². The molecular formula is C14H17BrN4O. The molecule has 3 rings (SSSR count). The van der Waals surface area contributed by atoms with Crippen LogP contribution in [0.3, 0.4) is 0 Å². The van der Waals surface area contributed by atoms with Gasteiger partial charge >= 0.3 is 0 Å². The predicted molar refractivity (Wildman–Crippen MR) is 78.7 cm³/mol. The molecule has 0 bridgehead atoms. The Kier molecular flexibility index (Phi) is 3.60. The van der Waals surface area contributed by atoms with E-state index in [0.29, 0.717) is 17.4 Å². The standard InChI is InChI=1S/C14H17BrN4O/c1-9-4-6-14(16,7-5-9)13-18-12(20-19-13)11-3-2-10(15)8-17-11/h2-3,8-9H,4-7,16H2,1H3. The number of nitrogens with two attached hydrogens (primary N) is 1. The van der Waals surface area contributed by atoms with Gasteiger partial charge in [0.05, 0.1) is 5.54 Å². The molecule has 0 unspecified atom stereocenters. The van der Waals surface area contributed by atoms with Gasteiger partial charge in [0.25, 0.3) is 5.89 Å². The second kappa shape index (κ2) is 5.26. The average Bonchev–Trinajstić information content (AvgIpc) is 2.94. The van der Waals surface area contributed by atoms with Crippen LogP contribution in [0.4, 0.5) is 0 Å². The predicted octanol–water partition coefficient (Wildman–Crippen LogP) is 3.26. The van der Waals surface area contributed by atoms with Crippen molar-refractivity contribution in [3.63, 3.8) is 0 Å². The molecule has 0 amide bonds. The van der Waals surface area contributed by atoms with Gasteiger partial charge in [0.1, 0.15) is 5.69 Å². The summed E-state index contributed by atoms with van der Waals surface area (Å²) in [6, 6.07) is 3.74. The maximum atomic E-state index is 6.45. The molecule has 0 saturated heterocycles. The van der Waals surface area contributed by atoms with Gasteiger partial charge in [-0.3, -0.25) is 0 Å². The minimum Gasteiger partial charge on any atom is -0.332 e. The van der Waals surface area contributed by atoms with Crippen LogP contribution in [0.1, 0.15) is 38.4 Å². The van der Waals surface area contributed by atoms with Crippen LogP contribution >= 0.6 is 15.9 Å². The van der Waals surface area contributed by atoms with E-state index >= 15 is 0 Å². The van der Waals surface area contributed by atoms with Gasteiger partial charge in [-0.25, -0.2) is 4.98 Å². The number of hydrogen-bond donors (Lipinski definition) is 1. The molecule has 20 heavy (non-hydrogen) atoms. The first-order chi connectivity index (χ1) is 9.57. The van der Waals surface area contributed by atoms with Gasteiger partial charge in [0, 0.05) is 10.7 Å². The molecule has 2 aromatic rings. The summed E-state index contributed by atoms with van der Waals surface area (Å²) in [4.78, 5) is 8.71. The first-order valence-electron chi connectivity index (χ1n) is 6.82. The van der Waals surface area contributed by atoms with Crippen molar-refractivity contribution in [1.82, 2.24) is 15.1 Å². The summed E-state index contributed by atoms with van der Waals surface area (Å²) in [7, 11) is 0. The van der Waals surface area contributed by atoms with Crippen LogP contribution in [0.15, 0.2) is 27.3 Å². The van der Waals surface area contributed by atoms with Crippen molar-refractivity contribution in [1.29, 1.82) is 0 Å². The molecule has 2 N–H and O–H groups in total. The van der Waals surface area contributed by atoms with Crippen LogP contribution in [-0.2, 0) is 5.54 Å². The van der Waals surface area contributed by atoms with Crippen LogP contribution in [-0.4, -0.2) is 15.1 Å². The molecule has 0 aromatic carbocycles. The third-order valence-corrected chi connectivity index (χ3v) is 4.45. The van der Waals surface area contributed by atoms with Gasteiger partial charge < -0.3 is 10.3 Å². The number of pyridine rings is 1. The van der Waals surface area contributed by atoms with Crippen molar-refractivity contribution >= 4 is 15.9 Å². The Balaban J connectivity index is 1.85. The first kappa shape index (κ1) is 13.7. The van der Waals surface area contributed by atoms with Gasteiger partial charge in [0.15, 0.2) is 5.82 Å². The topological polar surface area (TPSA) is 77.8 Å². The number of aromatic nitrogens is 3. The van der Waals surface area contributed by atoms with Gasteiger partial charge in [-0.05, 0) is 59.7 Å². The summed E-state index contributed by atoms with van der Waals surface area (Å²) in [6.07, 6.45) is 5.73. The third kappa shape index (κ3) is 2.62. The van der Waals surface area contributed by atoms with Crippen LogP contribution in [0.2, 0.25) is 0 Å². The lowest BCUT2D eigenvalue weighted by molar-refractivity contribution is 0.230. The molecule has 0 radical (unpaired) electrons. The Morgan fingerprint density at radius 2 is 2.10 bits per heavy atom. The van der Waals surface area contributed by atoms with Gasteiger partial charge in [-0.15, -0.1) is 0 Å². The second-order valence-corrected chi connectivity index (χ2v) is 6.54. The molecule has 1 fully saturated rings. The number of halogens is 1. The minimum absolute atomic E-state index is 0.427. The van der Waals surface area contributed by atoms with Crippen molar-refractivity contribution in [2.75, 3.05) is 0 Å². The van der Waals surface area contributed by atoms with E-state index in [9.17, 15) is 0 Å². The third-order valence-electron chi connectivity index (χ3n) is 3.98. The normalized spacial score (nSPS) is 26.6. The smallest absolute Gasteiger partial charge is 0.276 e. The molecule has 2 aromatic heterocycles. The summed E-state index contributed by atoms with van der Waals surface area (Å²) >= 11 is 3.35. The van der Waals surface area contributed by atoms with Crippen LogP contribution in [0.5, 0.6) is 0 Å². The molecule has 0 atom stereocenters. The largest absolute Gasteiger partial charge is 0.332 e. The number of rotatable bonds is 2. The van der Waals surface area contributed by atoms with Crippen LogP contribution in [0, 0.1) is 5.92 Å². The zero-order chi connectivity index (χ0) is 14.2. The van der Waals surface area contributed by atoms with Crippen molar-refractivity contribution in [3.8, 4) is 11.6 Å². The highest BCUT2D eigenvalue weighted by atomic mass is 79.9. The number of nitrogens with zero attached hydrogens (tertiary/aromatic N) is 3. The molecule has 0 aliphatic heterocycles. The fourth-order valence-corrected chi connectivity index (χ4v) is 2.77. The lowest BCUT2D eigenvalue weighted by Crippen LogP contribution is -2.41. The quantitative estimate of drug-likeness (QED) is 0.910. The highest BCUT2D eigenvalue weighted by Crippen LogP contribution is 2.36. The molecule has 1 aliphatic rings. The van der Waals surface area contributed by atoms with E-state index in [1.807, 2.05) is 12.1 Å². The second-order valence-electron chi connectivity index (χ2n) is 5.62. The minimum atomic E-state index is -0.455. The molecule has 2 heterocycles. The van der Waals surface area contributed by atoms with Gasteiger partial charge in [-0.2, -0.15) is 4.98 Å². The van der Waals surface area contributed by atoms with E-state index in [4.69, 9.17) is 10.3 Å². The molecule has 1 saturated carbocycles. The Bertz CT molecular complexity index is 587. The van der Waals surface area contributed by atoms with E-state index < -0.39 is 5.54 Å². The Morgan fingerprint density at radius 3 is 2.75 bits per heavy atom. The fraction of sp³-hybridized carbons (Fsp3) is 0.500. The highest BCUT2D eigenvalue weighted by molar-refractivity contribution is 9.10. The number of hydrogen-bond acceptors (Lipinski definition) is 5. The molecule has 5 nitrogen and oxygen atoms in total. The maximum Gasteiger partial charge on any atom is 0.276 e. The molecule has 6 heteroatoms. The molecular weight excluding hydrogens is 320 g/mol. The summed E-state index contributed by atoms with van der Waals surface area (Å²) in [6.45, 7) is 2.26. The SMILES string of the molecule is CC1CCC(N)(c2noc(-c3ccc(Br)cn3)n2)CC1. The van der Waals surface area contributed by atoms with E-state index in [0.717, 1.165) is 36.1 Å². The Labute approximate surface area is 126 Å². The first-order valence-corrected chi connectivity index (χ1v) is 7.61. The lowest BCUT2D eigenvalue weighted by atomic mass is 9.77. The van der Waals surface area contributed by atoms with E-state index in [1.54, 1.807) is 6.20 Å². The summed E-state index contributed by atoms with van der Waals surface area (Å²) in [5.74, 6) is 1.76. The summed E-state index contributed by atoms with van der Waals surface area (Å²) < 4.78 is 6.23. The van der Waals surface area contributed by atoms with Crippen molar-refractivity contribution in [3.05, 3.63) is 28.6 Å². The monoisotopic (exact) mass is 336 g/mol. The lowest BCUT2D eigenvalue weighted by Gasteiger charge is -2.33. The Hall–Kier alpha value is -1.27. The zero-order valence-corrected chi connectivity index (χ0v) is 12.9. The van der Waals surface area contributed by atoms with Crippen LogP contribution < -0.4 is 5.73 Å². The van der Waals surface area contributed by atoms with Crippen molar-refractivity contribution in [2.45, 2.75) is 38.1 Å². The fourth-order valence-electron chi connectivity index (χ4n) is 2.53. The molecule has 106 valence electrons. The zero-order valence-electron chi connectivity index (χ0n) is 11.3. The average molecular weight is 337 g/mol. The van der Waals surface area contributed by atoms with Crippen molar-refractivity contribution in [2.24, 2.45) is 11.7 Å². The summed E-state index contributed by atoms with van der Waals surface area (Å²) in [5, 5.41) is 4.07.